The molecule has 1 aromatic carbocycles. The molecule has 30 heavy (non-hydrogen) atoms. The van der Waals surface area contributed by atoms with Crippen molar-refractivity contribution in [1.82, 2.24) is 9.21 Å². The Bertz CT molecular complexity index is 863. The van der Waals surface area contributed by atoms with E-state index in [0.717, 1.165) is 0 Å². The molecule has 1 saturated carbocycles. The molecule has 12 heteroatoms. The van der Waals surface area contributed by atoms with Crippen molar-refractivity contribution in [2.45, 2.75) is 43.0 Å². The maximum Gasteiger partial charge on any atom is 0.414 e. The summed E-state index contributed by atoms with van der Waals surface area (Å²) in [5, 5.41) is 25.9. The number of sulfonamides is 1. The van der Waals surface area contributed by atoms with Crippen LogP contribution >= 0.6 is 0 Å². The summed E-state index contributed by atoms with van der Waals surface area (Å²) in [6.07, 6.45) is 6.18. The highest BCUT2D eigenvalue weighted by atomic mass is 32.2. The molecule has 2 N–H and O–H groups in total. The zero-order chi connectivity index (χ0) is 22.3. The van der Waals surface area contributed by atoms with Gasteiger partial charge in [-0.15, -0.1) is 0 Å². The minimum atomic E-state index is -3.83. The maximum atomic E-state index is 12.8. The Hall–Kier alpha value is -2.57. The lowest BCUT2D eigenvalue weighted by Gasteiger charge is -2.40. The van der Waals surface area contributed by atoms with Gasteiger partial charge in [0.2, 0.25) is 10.0 Å². The molecule has 0 aromatic heterocycles. The molecule has 0 radical (unpaired) electrons. The Morgan fingerprint density at radius 1 is 0.967 bits per heavy atom. The smallest absolute Gasteiger partial charge is 0.414 e. The van der Waals surface area contributed by atoms with Crippen LogP contribution in [0.15, 0.2) is 29.2 Å². The van der Waals surface area contributed by atoms with Crippen LogP contribution in [-0.4, -0.2) is 76.9 Å². The average molecular weight is 443 g/mol. The number of nitrogens with zero attached hydrogens (tertiary/aromatic N) is 3. The van der Waals surface area contributed by atoms with E-state index < -0.39 is 26.9 Å². The molecular weight excluding hydrogens is 418 g/mol. The van der Waals surface area contributed by atoms with Crippen LogP contribution in [0, 0.1) is 10.1 Å². The Kier molecular flexibility index (Phi) is 8.26. The van der Waals surface area contributed by atoms with E-state index in [9.17, 15) is 18.5 Å². The van der Waals surface area contributed by atoms with Crippen molar-refractivity contribution in [2.24, 2.45) is 0 Å². The molecule has 0 unspecified atom stereocenters. The molecular formula is C18H25N3O8S. The lowest BCUT2D eigenvalue weighted by Crippen LogP contribution is -2.52. The molecule has 0 spiro atoms. The Labute approximate surface area is 174 Å². The quantitative estimate of drug-likeness (QED) is 0.398. The van der Waals surface area contributed by atoms with E-state index in [0.29, 0.717) is 32.2 Å². The summed E-state index contributed by atoms with van der Waals surface area (Å²) in [7, 11) is -3.83. The second kappa shape index (κ2) is 10.5. The topological polar surface area (TPSA) is 158 Å². The standard InChI is InChI=1S/C16H23N3O4S.C2H2O4/c20-19(21)15-8-4-5-9-16(15)24(22,23)18-12-10-17(11-13-18)14-6-2-1-3-7-14;3-1(4)2(5)6/h4-5,8-9,14H,1-3,6-7,10-13H2;(H,3,4)(H,5,6). The van der Waals surface area contributed by atoms with E-state index in [-0.39, 0.29) is 10.6 Å². The van der Waals surface area contributed by atoms with E-state index in [2.05, 4.69) is 4.90 Å². The molecule has 1 aliphatic heterocycles. The fourth-order valence-electron chi connectivity index (χ4n) is 3.72. The number of aliphatic carboxylic acids is 2. The number of carboxylic acid groups (broad SMARTS) is 2. The third-order valence-electron chi connectivity index (χ3n) is 5.23. The summed E-state index contributed by atoms with van der Waals surface area (Å²) in [6, 6.07) is 6.14. The van der Waals surface area contributed by atoms with E-state index in [4.69, 9.17) is 19.8 Å². The molecule has 2 fully saturated rings. The largest absolute Gasteiger partial charge is 0.473 e. The van der Waals surface area contributed by atoms with Crippen LogP contribution in [-0.2, 0) is 19.6 Å². The number of para-hydroxylation sites is 1. The zero-order valence-electron chi connectivity index (χ0n) is 16.3. The lowest BCUT2D eigenvalue weighted by molar-refractivity contribution is -0.387. The van der Waals surface area contributed by atoms with Gasteiger partial charge in [-0.25, -0.2) is 18.0 Å². The van der Waals surface area contributed by atoms with Crippen LogP contribution in [0.1, 0.15) is 32.1 Å². The van der Waals surface area contributed by atoms with E-state index >= 15 is 0 Å². The highest BCUT2D eigenvalue weighted by Crippen LogP contribution is 2.28. The van der Waals surface area contributed by atoms with Gasteiger partial charge in [-0.1, -0.05) is 31.4 Å². The highest BCUT2D eigenvalue weighted by Gasteiger charge is 2.34. The number of hydrogen-bond donors (Lipinski definition) is 2. The fraction of sp³-hybridized carbons (Fsp3) is 0.556. The van der Waals surface area contributed by atoms with Gasteiger partial charge in [0, 0.05) is 38.3 Å². The first-order chi connectivity index (χ1) is 14.1. The van der Waals surface area contributed by atoms with E-state index in [1.165, 1.54) is 60.7 Å². The minimum Gasteiger partial charge on any atom is -0.473 e. The number of carboxylic acids is 2. The van der Waals surface area contributed by atoms with Crippen molar-refractivity contribution in [3.8, 4) is 0 Å². The lowest BCUT2D eigenvalue weighted by atomic mass is 9.94. The molecule has 1 saturated heterocycles. The molecule has 166 valence electrons. The third kappa shape index (κ3) is 5.97. The van der Waals surface area contributed by atoms with Crippen LogP contribution in [0.3, 0.4) is 0 Å². The number of nitro groups is 1. The number of piperazine rings is 1. The molecule has 11 nitrogen and oxygen atoms in total. The Balaban J connectivity index is 0.000000469. The van der Waals surface area contributed by atoms with E-state index in [1.54, 1.807) is 0 Å². The number of rotatable bonds is 4. The van der Waals surface area contributed by atoms with Crippen molar-refractivity contribution < 1.29 is 33.1 Å². The number of nitro benzene ring substituents is 1. The minimum absolute atomic E-state index is 0.207. The number of hydrogen-bond acceptors (Lipinski definition) is 7. The Morgan fingerprint density at radius 3 is 2.00 bits per heavy atom. The molecule has 0 amide bonds. The summed E-state index contributed by atoms with van der Waals surface area (Å²) < 4.78 is 27.0. The SMILES string of the molecule is O=C(O)C(=O)O.O=[N+]([O-])c1ccccc1S(=O)(=O)N1CCN(C2CCCCC2)CC1. The summed E-state index contributed by atoms with van der Waals surface area (Å²) >= 11 is 0. The maximum absolute atomic E-state index is 12.8. The first kappa shape index (κ1) is 23.7. The van der Waals surface area contributed by atoms with Gasteiger partial charge >= 0.3 is 11.9 Å². The van der Waals surface area contributed by atoms with Crippen LogP contribution < -0.4 is 0 Å². The molecule has 1 aliphatic carbocycles. The first-order valence-electron chi connectivity index (χ1n) is 9.58. The van der Waals surface area contributed by atoms with Crippen LogP contribution in [0.2, 0.25) is 0 Å². The van der Waals surface area contributed by atoms with Crippen molar-refractivity contribution in [3.05, 3.63) is 34.4 Å². The van der Waals surface area contributed by atoms with E-state index in [1.807, 2.05) is 0 Å². The predicted molar refractivity (Wildman–Crippen MR) is 106 cm³/mol. The molecule has 3 rings (SSSR count). The van der Waals surface area contributed by atoms with Gasteiger partial charge in [0.1, 0.15) is 0 Å². The summed E-state index contributed by atoms with van der Waals surface area (Å²) in [6.45, 7) is 2.19. The van der Waals surface area contributed by atoms with Crippen LogP contribution in [0.25, 0.3) is 0 Å². The van der Waals surface area contributed by atoms with Gasteiger partial charge in [-0.3, -0.25) is 15.0 Å². The highest BCUT2D eigenvalue weighted by molar-refractivity contribution is 7.89. The third-order valence-corrected chi connectivity index (χ3v) is 7.17. The zero-order valence-corrected chi connectivity index (χ0v) is 17.2. The van der Waals surface area contributed by atoms with Gasteiger partial charge in [-0.2, -0.15) is 4.31 Å². The van der Waals surface area contributed by atoms with Gasteiger partial charge in [-0.05, 0) is 18.9 Å². The normalized spacial score (nSPS) is 18.8. The number of carbonyl (C=O) groups is 2. The van der Waals surface area contributed by atoms with Gasteiger partial charge in [0.15, 0.2) is 4.90 Å². The van der Waals surface area contributed by atoms with Crippen molar-refractivity contribution in [1.29, 1.82) is 0 Å². The predicted octanol–water partition coefficient (Wildman–Crippen LogP) is 1.39. The molecule has 2 aliphatic rings. The van der Waals surface area contributed by atoms with Gasteiger partial charge < -0.3 is 10.2 Å². The van der Waals surface area contributed by atoms with Crippen molar-refractivity contribution in [3.63, 3.8) is 0 Å². The van der Waals surface area contributed by atoms with Crippen LogP contribution in [0.4, 0.5) is 5.69 Å². The fourth-order valence-corrected chi connectivity index (χ4v) is 5.30. The van der Waals surface area contributed by atoms with Crippen molar-refractivity contribution in [2.75, 3.05) is 26.2 Å². The number of benzene rings is 1. The average Bonchev–Trinajstić information content (AvgIpc) is 2.75. The molecule has 1 aromatic rings. The first-order valence-corrected chi connectivity index (χ1v) is 11.0. The second-order valence-corrected chi connectivity index (χ2v) is 8.97. The van der Waals surface area contributed by atoms with Crippen molar-refractivity contribution >= 4 is 27.6 Å². The molecule has 1 heterocycles. The summed E-state index contributed by atoms with van der Waals surface area (Å²) in [5.74, 6) is -3.65. The Morgan fingerprint density at radius 2 is 1.50 bits per heavy atom. The summed E-state index contributed by atoms with van der Waals surface area (Å²) in [4.78, 5) is 30.9. The summed E-state index contributed by atoms with van der Waals surface area (Å²) in [5.41, 5.74) is -0.354. The van der Waals surface area contributed by atoms with Gasteiger partial charge in [0.25, 0.3) is 5.69 Å². The molecule has 0 bridgehead atoms. The van der Waals surface area contributed by atoms with Gasteiger partial charge in [0.05, 0.1) is 4.92 Å². The van der Waals surface area contributed by atoms with Crippen LogP contribution in [0.5, 0.6) is 0 Å². The molecule has 0 atom stereocenters. The second-order valence-electron chi connectivity index (χ2n) is 7.07. The monoisotopic (exact) mass is 443 g/mol.